The van der Waals surface area contributed by atoms with E-state index < -0.39 is 28.4 Å². The predicted molar refractivity (Wildman–Crippen MR) is 127 cm³/mol. The van der Waals surface area contributed by atoms with Crippen LogP contribution in [0.1, 0.15) is 17.2 Å². The van der Waals surface area contributed by atoms with Gasteiger partial charge in [0.1, 0.15) is 5.76 Å². The lowest BCUT2D eigenvalue weighted by Crippen LogP contribution is -2.29. The Labute approximate surface area is 194 Å². The van der Waals surface area contributed by atoms with Gasteiger partial charge in [-0.05, 0) is 18.2 Å². The molecule has 5 rings (SSSR count). The second kappa shape index (κ2) is 8.00. The fourth-order valence-electron chi connectivity index (χ4n) is 4.49. The number of ketones is 1. The predicted octanol–water partition coefficient (Wildman–Crippen LogP) is 4.71. The molecule has 1 saturated heterocycles. The summed E-state index contributed by atoms with van der Waals surface area (Å²) in [7, 11) is 1.86. The number of nitrogens with zero attached hydrogens (tertiary/aromatic N) is 3. The number of aliphatic hydroxyl groups is 1. The number of rotatable bonds is 4. The summed E-state index contributed by atoms with van der Waals surface area (Å²) in [4.78, 5) is 38.6. The Morgan fingerprint density at radius 2 is 1.68 bits per heavy atom. The lowest BCUT2D eigenvalue weighted by Gasteiger charge is -2.25. The lowest BCUT2D eigenvalue weighted by atomic mass is 9.94. The Bertz CT molecular complexity index is 1500. The molecule has 2 heterocycles. The number of aliphatic hydroxyl groups excluding tert-OH is 1. The molecule has 34 heavy (non-hydrogen) atoms. The van der Waals surface area contributed by atoms with Crippen molar-refractivity contribution in [3.63, 3.8) is 0 Å². The number of Topliss-reactive ketones (excluding diaryl/α,β-unsaturated/α-hetero) is 1. The van der Waals surface area contributed by atoms with Gasteiger partial charge in [-0.15, -0.1) is 0 Å². The Morgan fingerprint density at radius 3 is 2.41 bits per heavy atom. The van der Waals surface area contributed by atoms with E-state index in [4.69, 9.17) is 0 Å². The van der Waals surface area contributed by atoms with Gasteiger partial charge in [0, 0.05) is 53.1 Å². The van der Waals surface area contributed by atoms with Crippen LogP contribution in [0, 0.1) is 10.1 Å². The van der Waals surface area contributed by atoms with Crippen molar-refractivity contribution in [2.45, 2.75) is 6.04 Å². The van der Waals surface area contributed by atoms with Gasteiger partial charge >= 0.3 is 0 Å². The number of non-ortho nitro benzene ring substituents is 1. The number of nitro benzene ring substituents is 1. The number of hydrogen-bond acceptors (Lipinski definition) is 5. The van der Waals surface area contributed by atoms with Crippen molar-refractivity contribution in [3.8, 4) is 0 Å². The summed E-state index contributed by atoms with van der Waals surface area (Å²) in [6.45, 7) is 0. The van der Waals surface area contributed by atoms with E-state index in [9.17, 15) is 24.8 Å². The zero-order chi connectivity index (χ0) is 24.0. The highest BCUT2D eigenvalue weighted by molar-refractivity contribution is 6.51. The van der Waals surface area contributed by atoms with Crippen LogP contribution in [0.3, 0.4) is 0 Å². The Hall–Kier alpha value is -4.72. The first-order valence-corrected chi connectivity index (χ1v) is 10.5. The number of nitro groups is 1. The standard InChI is InChI=1S/C26H19N3O5/c1-27-15-20(19-12-5-6-13-21(19)27)23-22(24(30)16-8-7-11-18(14-16)29(33)34)25(31)26(32)28(23)17-9-3-2-4-10-17/h2-15,23,30H,1H3/b24-22+. The van der Waals surface area contributed by atoms with Crippen LogP contribution in [-0.4, -0.2) is 26.3 Å². The van der Waals surface area contributed by atoms with Crippen molar-refractivity contribution >= 4 is 39.7 Å². The van der Waals surface area contributed by atoms with Gasteiger partial charge in [0.25, 0.3) is 17.4 Å². The van der Waals surface area contributed by atoms with Gasteiger partial charge in [0.15, 0.2) is 0 Å². The fourth-order valence-corrected chi connectivity index (χ4v) is 4.49. The van der Waals surface area contributed by atoms with E-state index in [2.05, 4.69) is 0 Å². The Kier molecular flexibility index (Phi) is 4.98. The number of aromatic nitrogens is 1. The van der Waals surface area contributed by atoms with Gasteiger partial charge in [0.05, 0.1) is 16.5 Å². The van der Waals surface area contributed by atoms with Crippen LogP contribution >= 0.6 is 0 Å². The Morgan fingerprint density at radius 1 is 0.971 bits per heavy atom. The molecule has 1 amide bonds. The number of hydrogen-bond donors (Lipinski definition) is 1. The van der Waals surface area contributed by atoms with Crippen LogP contribution < -0.4 is 4.90 Å². The maximum atomic E-state index is 13.3. The summed E-state index contributed by atoms with van der Waals surface area (Å²) in [5.74, 6) is -2.10. The monoisotopic (exact) mass is 453 g/mol. The van der Waals surface area contributed by atoms with Crippen molar-refractivity contribution < 1.29 is 19.6 Å². The lowest BCUT2D eigenvalue weighted by molar-refractivity contribution is -0.384. The molecule has 1 N–H and O–H groups in total. The molecule has 1 aliphatic heterocycles. The minimum Gasteiger partial charge on any atom is -0.507 e. The molecule has 0 spiro atoms. The van der Waals surface area contributed by atoms with E-state index in [1.807, 2.05) is 42.1 Å². The van der Waals surface area contributed by atoms with Crippen molar-refractivity contribution in [3.05, 3.63) is 112 Å². The average Bonchev–Trinajstić information content (AvgIpc) is 3.32. The van der Waals surface area contributed by atoms with Crippen LogP contribution in [0.4, 0.5) is 11.4 Å². The molecule has 0 aliphatic carbocycles. The van der Waals surface area contributed by atoms with Gasteiger partial charge in [-0.25, -0.2) is 0 Å². The molecule has 1 aliphatic rings. The molecule has 1 fully saturated rings. The number of benzene rings is 3. The highest BCUT2D eigenvalue weighted by Crippen LogP contribution is 2.44. The maximum Gasteiger partial charge on any atom is 0.300 e. The molecule has 1 unspecified atom stereocenters. The first kappa shape index (κ1) is 21.1. The fraction of sp³-hybridized carbons (Fsp3) is 0.0769. The molecule has 1 aromatic heterocycles. The topological polar surface area (TPSA) is 106 Å². The quantitative estimate of drug-likeness (QED) is 0.158. The van der Waals surface area contributed by atoms with E-state index in [1.54, 1.807) is 30.3 Å². The maximum absolute atomic E-state index is 13.3. The third-order valence-electron chi connectivity index (χ3n) is 6.03. The molecule has 168 valence electrons. The first-order valence-electron chi connectivity index (χ1n) is 10.5. The van der Waals surface area contributed by atoms with E-state index in [-0.39, 0.29) is 16.8 Å². The van der Waals surface area contributed by atoms with Gasteiger partial charge in [0.2, 0.25) is 0 Å². The number of para-hydroxylation sites is 2. The number of amides is 1. The van der Waals surface area contributed by atoms with Gasteiger partial charge in [-0.3, -0.25) is 24.6 Å². The molecule has 0 saturated carbocycles. The van der Waals surface area contributed by atoms with Crippen LogP contribution in [-0.2, 0) is 16.6 Å². The molecule has 8 heteroatoms. The summed E-state index contributed by atoms with van der Waals surface area (Å²) in [5.41, 5.74) is 1.79. The van der Waals surface area contributed by atoms with E-state index >= 15 is 0 Å². The Balaban J connectivity index is 1.80. The highest BCUT2D eigenvalue weighted by Gasteiger charge is 2.47. The molecular formula is C26H19N3O5. The largest absolute Gasteiger partial charge is 0.507 e. The van der Waals surface area contributed by atoms with Crippen molar-refractivity contribution in [2.24, 2.45) is 7.05 Å². The second-order valence-corrected chi connectivity index (χ2v) is 8.02. The van der Waals surface area contributed by atoms with E-state index in [0.717, 1.165) is 10.9 Å². The smallest absolute Gasteiger partial charge is 0.300 e. The molecular weight excluding hydrogens is 434 g/mol. The van der Waals surface area contributed by atoms with Crippen molar-refractivity contribution in [1.29, 1.82) is 0 Å². The number of fused-ring (bicyclic) bond motifs is 1. The molecule has 4 aromatic rings. The van der Waals surface area contributed by atoms with E-state index in [0.29, 0.717) is 11.3 Å². The molecule has 8 nitrogen and oxygen atoms in total. The van der Waals surface area contributed by atoms with Gasteiger partial charge < -0.3 is 9.67 Å². The number of carbonyl (C=O) groups is 2. The first-order chi connectivity index (χ1) is 16.4. The molecule has 1 atom stereocenters. The normalized spacial score (nSPS) is 17.4. The van der Waals surface area contributed by atoms with Crippen LogP contribution in [0.5, 0.6) is 0 Å². The SMILES string of the molecule is Cn1cc(C2/C(=C(\O)c3cccc([N+](=O)[O-])c3)C(=O)C(=O)N2c2ccccc2)c2ccccc21. The second-order valence-electron chi connectivity index (χ2n) is 8.02. The van der Waals surface area contributed by atoms with Gasteiger partial charge in [-0.2, -0.15) is 0 Å². The molecule has 0 bridgehead atoms. The third kappa shape index (κ3) is 3.24. The zero-order valence-electron chi connectivity index (χ0n) is 18.1. The number of aryl methyl sites for hydroxylation is 1. The molecule has 0 radical (unpaired) electrons. The summed E-state index contributed by atoms with van der Waals surface area (Å²) in [5, 5.41) is 23.3. The van der Waals surface area contributed by atoms with E-state index in [1.165, 1.54) is 29.2 Å². The number of anilines is 1. The molecule has 3 aromatic carbocycles. The summed E-state index contributed by atoms with van der Waals surface area (Å²) in [6, 6.07) is 20.8. The highest BCUT2D eigenvalue weighted by atomic mass is 16.6. The van der Waals surface area contributed by atoms with Crippen LogP contribution in [0.15, 0.2) is 90.6 Å². The van der Waals surface area contributed by atoms with Crippen molar-refractivity contribution in [1.82, 2.24) is 4.57 Å². The van der Waals surface area contributed by atoms with Crippen LogP contribution in [0.2, 0.25) is 0 Å². The van der Waals surface area contributed by atoms with Crippen molar-refractivity contribution in [2.75, 3.05) is 4.90 Å². The minimum atomic E-state index is -0.923. The third-order valence-corrected chi connectivity index (χ3v) is 6.03. The average molecular weight is 453 g/mol. The van der Waals surface area contributed by atoms with Crippen LogP contribution in [0.25, 0.3) is 16.7 Å². The zero-order valence-corrected chi connectivity index (χ0v) is 18.1. The van der Waals surface area contributed by atoms with Gasteiger partial charge in [-0.1, -0.05) is 48.5 Å². The minimum absolute atomic E-state index is 0.0884. The number of carbonyl (C=O) groups excluding carboxylic acids is 2. The summed E-state index contributed by atoms with van der Waals surface area (Å²) in [6.07, 6.45) is 1.83. The summed E-state index contributed by atoms with van der Waals surface area (Å²) >= 11 is 0. The summed E-state index contributed by atoms with van der Waals surface area (Å²) < 4.78 is 1.89.